The van der Waals surface area contributed by atoms with Crippen molar-refractivity contribution in [2.45, 2.75) is 25.8 Å². The highest BCUT2D eigenvalue weighted by atomic mass is 16.2. The van der Waals surface area contributed by atoms with E-state index in [-0.39, 0.29) is 11.5 Å². The van der Waals surface area contributed by atoms with Crippen molar-refractivity contribution in [2.75, 3.05) is 6.54 Å². The van der Waals surface area contributed by atoms with Crippen molar-refractivity contribution in [3.05, 3.63) is 57.5 Å². The maximum atomic E-state index is 12.2. The number of hydrogen-bond acceptors (Lipinski definition) is 2. The van der Waals surface area contributed by atoms with Gasteiger partial charge < -0.3 is 10.00 Å². The molecule has 0 saturated carbocycles. The summed E-state index contributed by atoms with van der Waals surface area (Å²) in [5.41, 5.74) is 2.69. The first-order valence-corrected chi connectivity index (χ1v) is 6.84. The number of H-pyrrole nitrogens is 2. The number of hydrogen-bond donors (Lipinski definition) is 2. The molecule has 1 aliphatic heterocycles. The van der Waals surface area contributed by atoms with E-state index >= 15 is 0 Å². The van der Waals surface area contributed by atoms with Gasteiger partial charge in [0.15, 0.2) is 0 Å². The third-order valence-electron chi connectivity index (χ3n) is 3.77. The molecule has 5 heteroatoms. The van der Waals surface area contributed by atoms with Gasteiger partial charge >= 0.3 is 0 Å². The van der Waals surface area contributed by atoms with Crippen LogP contribution in [-0.4, -0.2) is 27.5 Å². The van der Waals surface area contributed by atoms with Crippen LogP contribution in [0.5, 0.6) is 0 Å². The molecule has 3 rings (SSSR count). The number of aromatic nitrogens is 2. The van der Waals surface area contributed by atoms with Crippen LogP contribution < -0.4 is 5.56 Å². The number of carbonyl (C=O) groups is 1. The zero-order chi connectivity index (χ0) is 13.9. The third kappa shape index (κ3) is 2.52. The fourth-order valence-corrected chi connectivity index (χ4v) is 2.58. The van der Waals surface area contributed by atoms with Gasteiger partial charge in [0, 0.05) is 25.1 Å². The Kier molecular flexibility index (Phi) is 3.41. The van der Waals surface area contributed by atoms with E-state index in [0.717, 1.165) is 17.7 Å². The van der Waals surface area contributed by atoms with Gasteiger partial charge in [0.2, 0.25) is 5.91 Å². The lowest BCUT2D eigenvalue weighted by Gasteiger charge is -2.26. The molecule has 1 aromatic heterocycles. The van der Waals surface area contributed by atoms with Crippen LogP contribution in [0.4, 0.5) is 0 Å². The molecule has 1 aliphatic rings. The van der Waals surface area contributed by atoms with Gasteiger partial charge in [-0.15, -0.1) is 0 Å². The second-order valence-electron chi connectivity index (χ2n) is 5.09. The van der Waals surface area contributed by atoms with E-state index in [4.69, 9.17) is 0 Å². The van der Waals surface area contributed by atoms with E-state index in [9.17, 15) is 9.59 Å². The van der Waals surface area contributed by atoms with Crippen LogP contribution in [0.25, 0.3) is 0 Å². The molecule has 0 bridgehead atoms. The lowest BCUT2D eigenvalue weighted by atomic mass is 10.1. The Balaban J connectivity index is 1.62. The SMILES string of the molecule is O=C(CCc1ccccc1)N1CCc2[nH][nH]c(=O)c2C1. The average molecular weight is 271 g/mol. The molecule has 0 radical (unpaired) electrons. The van der Waals surface area contributed by atoms with Gasteiger partial charge in [0.25, 0.3) is 5.56 Å². The fourth-order valence-electron chi connectivity index (χ4n) is 2.58. The summed E-state index contributed by atoms with van der Waals surface area (Å²) in [6, 6.07) is 9.98. The van der Waals surface area contributed by atoms with E-state index in [1.54, 1.807) is 4.90 Å². The molecule has 5 nitrogen and oxygen atoms in total. The molecule has 20 heavy (non-hydrogen) atoms. The van der Waals surface area contributed by atoms with Gasteiger partial charge in [0.1, 0.15) is 0 Å². The highest BCUT2D eigenvalue weighted by molar-refractivity contribution is 5.76. The van der Waals surface area contributed by atoms with Crippen molar-refractivity contribution >= 4 is 5.91 Å². The van der Waals surface area contributed by atoms with Gasteiger partial charge in [-0.3, -0.25) is 14.7 Å². The van der Waals surface area contributed by atoms with Crippen molar-refractivity contribution in [2.24, 2.45) is 0 Å². The van der Waals surface area contributed by atoms with Crippen LogP contribution in [0.1, 0.15) is 23.2 Å². The second-order valence-corrected chi connectivity index (χ2v) is 5.09. The molecule has 0 spiro atoms. The van der Waals surface area contributed by atoms with Crippen molar-refractivity contribution in [3.63, 3.8) is 0 Å². The number of fused-ring (bicyclic) bond motifs is 1. The first kappa shape index (κ1) is 12.7. The minimum absolute atomic E-state index is 0.111. The minimum Gasteiger partial charge on any atom is -0.338 e. The molecule has 2 N–H and O–H groups in total. The van der Waals surface area contributed by atoms with Crippen LogP contribution >= 0.6 is 0 Å². The van der Waals surface area contributed by atoms with Crippen LogP contribution in [0, 0.1) is 0 Å². The molecular weight excluding hydrogens is 254 g/mol. The fraction of sp³-hybridized carbons (Fsp3) is 0.333. The highest BCUT2D eigenvalue weighted by Crippen LogP contribution is 2.14. The summed E-state index contributed by atoms with van der Waals surface area (Å²) in [7, 11) is 0. The maximum absolute atomic E-state index is 12.2. The predicted octanol–water partition coefficient (Wildman–Crippen LogP) is 1.22. The summed E-state index contributed by atoms with van der Waals surface area (Å²) < 4.78 is 0. The summed E-state index contributed by atoms with van der Waals surface area (Å²) in [6.45, 7) is 1.09. The molecule has 2 aromatic rings. The van der Waals surface area contributed by atoms with Crippen molar-refractivity contribution in [1.82, 2.24) is 15.1 Å². The van der Waals surface area contributed by atoms with E-state index in [2.05, 4.69) is 10.2 Å². The van der Waals surface area contributed by atoms with E-state index < -0.39 is 0 Å². The van der Waals surface area contributed by atoms with Crippen LogP contribution in [-0.2, 0) is 24.2 Å². The number of nitrogens with zero attached hydrogens (tertiary/aromatic N) is 1. The molecule has 1 aromatic carbocycles. The summed E-state index contributed by atoms with van der Waals surface area (Å²) in [5.74, 6) is 0.111. The van der Waals surface area contributed by atoms with Crippen molar-refractivity contribution < 1.29 is 4.79 Å². The number of rotatable bonds is 3. The normalized spacial score (nSPS) is 14.1. The number of benzene rings is 1. The Bertz CT molecular complexity index is 657. The Labute approximate surface area is 116 Å². The number of amides is 1. The van der Waals surface area contributed by atoms with Gasteiger partial charge in [0.05, 0.1) is 12.1 Å². The molecule has 2 heterocycles. The quantitative estimate of drug-likeness (QED) is 0.881. The van der Waals surface area contributed by atoms with E-state index in [0.29, 0.717) is 31.5 Å². The highest BCUT2D eigenvalue weighted by Gasteiger charge is 2.23. The molecule has 1 amide bonds. The Hall–Kier alpha value is -2.30. The number of nitrogens with one attached hydrogen (secondary N) is 2. The Morgan fingerprint density at radius 3 is 2.80 bits per heavy atom. The second kappa shape index (κ2) is 5.36. The first-order valence-electron chi connectivity index (χ1n) is 6.84. The standard InChI is InChI=1S/C15H17N3O2/c19-14(7-6-11-4-2-1-3-5-11)18-9-8-13-12(10-18)15(20)17-16-13/h1-5H,6-10H2,(H2,16,17,20). The Morgan fingerprint density at radius 2 is 2.00 bits per heavy atom. The monoisotopic (exact) mass is 271 g/mol. The number of carbonyl (C=O) groups excluding carboxylic acids is 1. The summed E-state index contributed by atoms with van der Waals surface area (Å²) >= 11 is 0. The van der Waals surface area contributed by atoms with Crippen LogP contribution in [0.15, 0.2) is 35.1 Å². The summed E-state index contributed by atoms with van der Waals surface area (Å²) in [6.07, 6.45) is 1.94. The number of aryl methyl sites for hydroxylation is 1. The molecular formula is C15H17N3O2. The van der Waals surface area contributed by atoms with E-state index in [1.165, 1.54) is 0 Å². The summed E-state index contributed by atoms with van der Waals surface area (Å²) in [4.78, 5) is 25.6. The number of aromatic amines is 2. The summed E-state index contributed by atoms with van der Waals surface area (Å²) in [5, 5.41) is 5.45. The van der Waals surface area contributed by atoms with Gasteiger partial charge in [-0.25, -0.2) is 0 Å². The lowest BCUT2D eigenvalue weighted by molar-refractivity contribution is -0.132. The van der Waals surface area contributed by atoms with Gasteiger partial charge in [-0.2, -0.15) is 0 Å². The molecule has 0 fully saturated rings. The Morgan fingerprint density at radius 1 is 1.20 bits per heavy atom. The molecule has 0 saturated heterocycles. The topological polar surface area (TPSA) is 69.0 Å². The zero-order valence-electron chi connectivity index (χ0n) is 11.2. The minimum atomic E-state index is -0.111. The van der Waals surface area contributed by atoms with E-state index in [1.807, 2.05) is 30.3 Å². The van der Waals surface area contributed by atoms with Gasteiger partial charge in [-0.05, 0) is 12.0 Å². The van der Waals surface area contributed by atoms with Crippen LogP contribution in [0.3, 0.4) is 0 Å². The lowest BCUT2D eigenvalue weighted by Crippen LogP contribution is -2.37. The van der Waals surface area contributed by atoms with Crippen molar-refractivity contribution in [1.29, 1.82) is 0 Å². The van der Waals surface area contributed by atoms with Crippen molar-refractivity contribution in [3.8, 4) is 0 Å². The predicted molar refractivity (Wildman–Crippen MR) is 75.3 cm³/mol. The maximum Gasteiger partial charge on any atom is 0.269 e. The average Bonchev–Trinajstić information content (AvgIpc) is 2.87. The molecule has 104 valence electrons. The molecule has 0 aliphatic carbocycles. The largest absolute Gasteiger partial charge is 0.338 e. The van der Waals surface area contributed by atoms with Gasteiger partial charge in [-0.1, -0.05) is 30.3 Å². The first-order chi connectivity index (χ1) is 9.74. The van der Waals surface area contributed by atoms with Crippen LogP contribution in [0.2, 0.25) is 0 Å². The molecule has 0 unspecified atom stereocenters. The zero-order valence-corrected chi connectivity index (χ0v) is 11.2. The third-order valence-corrected chi connectivity index (χ3v) is 3.77. The smallest absolute Gasteiger partial charge is 0.269 e. The molecule has 0 atom stereocenters.